The van der Waals surface area contributed by atoms with Gasteiger partial charge in [-0.1, -0.05) is 37.3 Å². The Morgan fingerprint density at radius 2 is 1.45 bits per heavy atom. The lowest BCUT2D eigenvalue weighted by atomic mass is 10.0. The van der Waals surface area contributed by atoms with Crippen LogP contribution in [0.4, 0.5) is 13.2 Å². The predicted octanol–water partition coefficient (Wildman–Crippen LogP) is 6.87. The molecule has 0 saturated heterocycles. The smallest absolute Gasteiger partial charge is 0.416 e. The van der Waals surface area contributed by atoms with Crippen LogP contribution >= 0.6 is 0 Å². The van der Waals surface area contributed by atoms with E-state index in [-0.39, 0.29) is 5.97 Å². The molecular formula is C23H19F3O3. The topological polar surface area (TPSA) is 35.5 Å². The quantitative estimate of drug-likeness (QED) is 0.335. The minimum Gasteiger partial charge on any atom is -0.457 e. The van der Waals surface area contributed by atoms with Crippen molar-refractivity contribution in [3.05, 3.63) is 78.4 Å². The minimum absolute atomic E-state index is 0.290. The molecule has 0 aliphatic heterocycles. The Kier molecular flexibility index (Phi) is 6.22. The molecule has 0 radical (unpaired) electrons. The number of hydrogen-bond donors (Lipinski definition) is 0. The number of para-hydroxylation sites is 1. The maximum Gasteiger partial charge on any atom is 0.416 e. The van der Waals surface area contributed by atoms with Crippen LogP contribution in [0.2, 0.25) is 0 Å². The van der Waals surface area contributed by atoms with Gasteiger partial charge in [0.15, 0.2) is 0 Å². The van der Waals surface area contributed by atoms with Crippen molar-refractivity contribution in [1.82, 2.24) is 0 Å². The lowest BCUT2D eigenvalue weighted by molar-refractivity contribution is -0.137. The van der Waals surface area contributed by atoms with E-state index in [4.69, 9.17) is 9.47 Å². The van der Waals surface area contributed by atoms with E-state index in [1.54, 1.807) is 36.4 Å². The van der Waals surface area contributed by atoms with Gasteiger partial charge in [-0.25, -0.2) is 0 Å². The normalized spacial score (nSPS) is 11.2. The van der Waals surface area contributed by atoms with Gasteiger partial charge in [0.25, 0.3) is 0 Å². The van der Waals surface area contributed by atoms with Gasteiger partial charge in [0.05, 0.1) is 5.56 Å². The summed E-state index contributed by atoms with van der Waals surface area (Å²) >= 11 is 0. The lowest BCUT2D eigenvalue weighted by Gasteiger charge is -2.11. The van der Waals surface area contributed by atoms with Gasteiger partial charge in [-0.15, -0.1) is 0 Å². The molecule has 0 atom stereocenters. The number of benzene rings is 3. The second-order valence-electron chi connectivity index (χ2n) is 6.37. The molecule has 0 fully saturated rings. The summed E-state index contributed by atoms with van der Waals surface area (Å²) in [6.07, 6.45) is -3.33. The molecule has 0 amide bonds. The zero-order valence-electron chi connectivity index (χ0n) is 15.7. The highest BCUT2D eigenvalue weighted by Gasteiger charge is 2.30. The highest BCUT2D eigenvalue weighted by molar-refractivity contribution is 5.78. The van der Waals surface area contributed by atoms with Gasteiger partial charge in [0.2, 0.25) is 0 Å². The van der Waals surface area contributed by atoms with Crippen LogP contribution in [0.3, 0.4) is 0 Å². The van der Waals surface area contributed by atoms with Gasteiger partial charge < -0.3 is 9.47 Å². The maximum atomic E-state index is 12.6. The summed E-state index contributed by atoms with van der Waals surface area (Å²) in [6.45, 7) is 1.91. The molecule has 0 bridgehead atoms. The Hall–Kier alpha value is -3.28. The fourth-order valence-electron chi connectivity index (χ4n) is 2.72. The first kappa shape index (κ1) is 20.5. The predicted molar refractivity (Wildman–Crippen MR) is 104 cm³/mol. The van der Waals surface area contributed by atoms with Crippen LogP contribution in [0.15, 0.2) is 72.8 Å². The molecule has 0 N–H and O–H groups in total. The van der Waals surface area contributed by atoms with E-state index in [0.29, 0.717) is 30.1 Å². The van der Waals surface area contributed by atoms with E-state index in [1.807, 2.05) is 19.1 Å². The number of carbonyl (C=O) groups excluding carboxylic acids is 1. The van der Waals surface area contributed by atoms with E-state index in [9.17, 15) is 18.0 Å². The van der Waals surface area contributed by atoms with Crippen LogP contribution in [-0.2, 0) is 11.0 Å². The zero-order valence-corrected chi connectivity index (χ0v) is 15.7. The summed E-state index contributed by atoms with van der Waals surface area (Å²) in [5, 5.41) is 0. The molecule has 29 heavy (non-hydrogen) atoms. The average molecular weight is 400 g/mol. The van der Waals surface area contributed by atoms with E-state index in [1.165, 1.54) is 12.1 Å². The molecule has 0 saturated carbocycles. The molecule has 3 aromatic carbocycles. The first-order valence-electron chi connectivity index (χ1n) is 9.12. The largest absolute Gasteiger partial charge is 0.457 e. The summed E-state index contributed by atoms with van der Waals surface area (Å²) in [5.74, 6) is 0.971. The molecule has 6 heteroatoms. The number of ether oxygens (including phenoxy) is 2. The van der Waals surface area contributed by atoms with E-state index >= 15 is 0 Å². The number of alkyl halides is 3. The van der Waals surface area contributed by atoms with Gasteiger partial charge in [0.1, 0.15) is 17.2 Å². The second-order valence-corrected chi connectivity index (χ2v) is 6.37. The minimum atomic E-state index is -4.38. The van der Waals surface area contributed by atoms with Crippen molar-refractivity contribution < 1.29 is 27.4 Å². The Morgan fingerprint density at radius 3 is 2.03 bits per heavy atom. The number of hydrogen-bond acceptors (Lipinski definition) is 3. The second kappa shape index (κ2) is 8.82. The highest BCUT2D eigenvalue weighted by atomic mass is 19.4. The summed E-state index contributed by atoms with van der Waals surface area (Å²) in [6, 6.07) is 18.7. The molecule has 0 unspecified atom stereocenters. The van der Waals surface area contributed by atoms with Crippen LogP contribution in [0.25, 0.3) is 11.1 Å². The summed E-state index contributed by atoms with van der Waals surface area (Å²) in [7, 11) is 0. The van der Waals surface area contributed by atoms with Crippen molar-refractivity contribution in [3.63, 3.8) is 0 Å². The monoisotopic (exact) mass is 400 g/mol. The van der Waals surface area contributed by atoms with Gasteiger partial charge in [-0.3, -0.25) is 4.79 Å². The van der Waals surface area contributed by atoms with Gasteiger partial charge in [-0.05, 0) is 54.4 Å². The molecule has 0 heterocycles. The molecule has 3 rings (SSSR count). The molecule has 3 nitrogen and oxygen atoms in total. The lowest BCUT2D eigenvalue weighted by Crippen LogP contribution is -2.07. The van der Waals surface area contributed by atoms with Gasteiger partial charge >= 0.3 is 12.1 Å². The standard InChI is InChI=1S/C23H19F3O3/c1-2-5-22(27)29-21-7-4-3-6-20(21)16-8-12-18(13-9-16)28-19-14-10-17(11-15-19)23(24,25)26/h3-4,6-15H,2,5H2,1H3. The van der Waals surface area contributed by atoms with E-state index < -0.39 is 11.7 Å². The molecule has 0 aliphatic carbocycles. The SMILES string of the molecule is CCCC(=O)Oc1ccccc1-c1ccc(Oc2ccc(C(F)(F)F)cc2)cc1. The summed E-state index contributed by atoms with van der Waals surface area (Å²) in [5.41, 5.74) is 0.858. The highest BCUT2D eigenvalue weighted by Crippen LogP contribution is 2.33. The Labute approximate surface area is 166 Å². The molecular weight excluding hydrogens is 381 g/mol. The number of halogens is 3. The third-order valence-electron chi connectivity index (χ3n) is 4.15. The summed E-state index contributed by atoms with van der Waals surface area (Å²) < 4.78 is 49.0. The van der Waals surface area contributed by atoms with Gasteiger partial charge in [0, 0.05) is 12.0 Å². The Balaban J connectivity index is 1.75. The maximum absolute atomic E-state index is 12.6. The molecule has 0 aliphatic rings. The fraction of sp³-hybridized carbons (Fsp3) is 0.174. The summed E-state index contributed by atoms with van der Waals surface area (Å²) in [4.78, 5) is 11.8. The molecule has 3 aromatic rings. The zero-order chi connectivity index (χ0) is 20.9. The molecule has 0 spiro atoms. The van der Waals surface area contributed by atoms with Crippen molar-refractivity contribution in [2.24, 2.45) is 0 Å². The van der Waals surface area contributed by atoms with Crippen molar-refractivity contribution in [1.29, 1.82) is 0 Å². The third-order valence-corrected chi connectivity index (χ3v) is 4.15. The van der Waals surface area contributed by atoms with E-state index in [0.717, 1.165) is 23.3 Å². The third kappa shape index (κ3) is 5.38. The van der Waals surface area contributed by atoms with E-state index in [2.05, 4.69) is 0 Å². The van der Waals surface area contributed by atoms with Crippen molar-refractivity contribution >= 4 is 5.97 Å². The first-order chi connectivity index (χ1) is 13.9. The number of esters is 1. The van der Waals surface area contributed by atoms with Crippen LogP contribution in [0.5, 0.6) is 17.2 Å². The van der Waals surface area contributed by atoms with Crippen LogP contribution in [0, 0.1) is 0 Å². The number of carbonyl (C=O) groups is 1. The van der Waals surface area contributed by atoms with Crippen LogP contribution in [-0.4, -0.2) is 5.97 Å². The van der Waals surface area contributed by atoms with Crippen molar-refractivity contribution in [3.8, 4) is 28.4 Å². The average Bonchev–Trinajstić information content (AvgIpc) is 2.69. The van der Waals surface area contributed by atoms with Crippen molar-refractivity contribution in [2.45, 2.75) is 25.9 Å². The Morgan fingerprint density at radius 1 is 0.862 bits per heavy atom. The Bertz CT molecular complexity index is 962. The van der Waals surface area contributed by atoms with Crippen LogP contribution < -0.4 is 9.47 Å². The van der Waals surface area contributed by atoms with Crippen molar-refractivity contribution in [2.75, 3.05) is 0 Å². The molecule has 0 aromatic heterocycles. The molecule has 150 valence electrons. The first-order valence-corrected chi connectivity index (χ1v) is 9.12. The number of rotatable bonds is 6. The fourth-order valence-corrected chi connectivity index (χ4v) is 2.72. The van der Waals surface area contributed by atoms with Crippen LogP contribution in [0.1, 0.15) is 25.3 Å². The van der Waals surface area contributed by atoms with Gasteiger partial charge in [-0.2, -0.15) is 13.2 Å².